The van der Waals surface area contributed by atoms with Crippen LogP contribution in [0.1, 0.15) is 17.1 Å². The first-order valence-corrected chi connectivity index (χ1v) is 11.3. The summed E-state index contributed by atoms with van der Waals surface area (Å²) in [6.45, 7) is 1.78. The molecule has 0 atom stereocenters. The standard InChI is InChI=1S/C21H20N8O3S/c1-15-10-12-22-21(24-15)29(13-11-20-25-27-28-26-20)33(31,32)18-8-6-17(7-9-18)23-14-16-4-2-3-5-19(16)30/h2-10,12,14,30H,11,13H2,1H3,(H,25,26,27,28). The molecule has 0 saturated heterocycles. The number of para-hydroxylation sites is 1. The minimum atomic E-state index is -3.98. The highest BCUT2D eigenvalue weighted by molar-refractivity contribution is 7.92. The maximum Gasteiger partial charge on any atom is 0.266 e. The van der Waals surface area contributed by atoms with Crippen LogP contribution in [0.5, 0.6) is 5.75 Å². The fourth-order valence-electron chi connectivity index (χ4n) is 2.95. The molecule has 0 aliphatic rings. The molecule has 0 bridgehead atoms. The molecule has 0 unspecified atom stereocenters. The summed E-state index contributed by atoms with van der Waals surface area (Å²) in [5, 5.41) is 23.4. The van der Waals surface area contributed by atoms with E-state index >= 15 is 0 Å². The molecule has 0 spiro atoms. The third-order valence-corrected chi connectivity index (χ3v) is 6.44. The van der Waals surface area contributed by atoms with Crippen molar-refractivity contribution in [2.24, 2.45) is 4.99 Å². The zero-order valence-electron chi connectivity index (χ0n) is 17.6. The third kappa shape index (κ3) is 5.18. The van der Waals surface area contributed by atoms with E-state index in [-0.39, 0.29) is 29.6 Å². The van der Waals surface area contributed by atoms with E-state index in [1.165, 1.54) is 24.5 Å². The van der Waals surface area contributed by atoms with Crippen LogP contribution in [-0.4, -0.2) is 56.9 Å². The maximum atomic E-state index is 13.4. The molecule has 0 aliphatic carbocycles. The fourth-order valence-corrected chi connectivity index (χ4v) is 4.31. The third-order valence-electron chi connectivity index (χ3n) is 4.65. The Hall–Kier alpha value is -4.19. The number of hydrogen-bond acceptors (Lipinski definition) is 9. The Balaban J connectivity index is 1.60. The van der Waals surface area contributed by atoms with Gasteiger partial charge in [0.15, 0.2) is 5.82 Å². The van der Waals surface area contributed by atoms with Crippen molar-refractivity contribution in [3.05, 3.63) is 77.9 Å². The van der Waals surface area contributed by atoms with E-state index in [1.807, 2.05) is 0 Å². The Morgan fingerprint density at radius 3 is 2.61 bits per heavy atom. The summed E-state index contributed by atoms with van der Waals surface area (Å²) in [5.74, 6) is 0.535. The van der Waals surface area contributed by atoms with Crippen LogP contribution in [-0.2, 0) is 16.4 Å². The molecule has 2 heterocycles. The molecule has 0 aliphatic heterocycles. The molecule has 0 fully saturated rings. The van der Waals surface area contributed by atoms with Crippen LogP contribution < -0.4 is 4.31 Å². The zero-order valence-corrected chi connectivity index (χ0v) is 18.4. The highest BCUT2D eigenvalue weighted by Gasteiger charge is 2.27. The Labute approximate surface area is 189 Å². The van der Waals surface area contributed by atoms with Crippen LogP contribution in [0.15, 0.2) is 70.7 Å². The van der Waals surface area contributed by atoms with Gasteiger partial charge in [0.1, 0.15) is 5.75 Å². The van der Waals surface area contributed by atoms with Crippen LogP contribution in [0, 0.1) is 6.92 Å². The number of aromatic amines is 1. The Bertz CT molecular complexity index is 1360. The Morgan fingerprint density at radius 2 is 1.91 bits per heavy atom. The second-order valence-corrected chi connectivity index (χ2v) is 8.83. The quantitative estimate of drug-likeness (QED) is 0.377. The number of aliphatic imine (C=N–C) groups is 1. The van der Waals surface area contributed by atoms with Crippen LogP contribution in [0.2, 0.25) is 0 Å². The molecule has 33 heavy (non-hydrogen) atoms. The number of phenols is 1. The average Bonchev–Trinajstić information content (AvgIpc) is 3.33. The molecule has 2 aromatic heterocycles. The first-order valence-electron chi connectivity index (χ1n) is 9.90. The summed E-state index contributed by atoms with van der Waals surface area (Å²) in [5.41, 5.74) is 1.72. The molecule has 4 rings (SSSR count). The van der Waals surface area contributed by atoms with E-state index in [0.717, 1.165) is 4.31 Å². The molecule has 11 nitrogen and oxygen atoms in total. The number of nitrogens with one attached hydrogen (secondary N) is 1. The van der Waals surface area contributed by atoms with E-state index in [2.05, 4.69) is 35.6 Å². The van der Waals surface area contributed by atoms with Crippen LogP contribution >= 0.6 is 0 Å². The van der Waals surface area contributed by atoms with Gasteiger partial charge in [0, 0.05) is 36.6 Å². The molecule has 168 valence electrons. The number of tetrazole rings is 1. The molecule has 0 radical (unpaired) electrons. The summed E-state index contributed by atoms with van der Waals surface area (Å²) in [4.78, 5) is 12.8. The number of nitrogens with zero attached hydrogens (tertiary/aromatic N) is 7. The van der Waals surface area contributed by atoms with Gasteiger partial charge in [0.2, 0.25) is 5.95 Å². The van der Waals surface area contributed by atoms with Crippen molar-refractivity contribution in [3.8, 4) is 5.75 Å². The largest absolute Gasteiger partial charge is 0.507 e. The number of aromatic nitrogens is 6. The smallest absolute Gasteiger partial charge is 0.266 e. The van der Waals surface area contributed by atoms with Gasteiger partial charge < -0.3 is 5.11 Å². The van der Waals surface area contributed by atoms with Gasteiger partial charge in [-0.05, 0) is 49.4 Å². The lowest BCUT2D eigenvalue weighted by Gasteiger charge is -2.22. The number of hydrogen-bond donors (Lipinski definition) is 2. The minimum Gasteiger partial charge on any atom is -0.507 e. The van der Waals surface area contributed by atoms with Crippen molar-refractivity contribution >= 4 is 27.9 Å². The fraction of sp³-hybridized carbons (Fsp3) is 0.143. The summed E-state index contributed by atoms with van der Waals surface area (Å²) in [7, 11) is -3.98. The van der Waals surface area contributed by atoms with Crippen molar-refractivity contribution < 1.29 is 13.5 Å². The number of phenolic OH excluding ortho intramolecular Hbond substituents is 1. The van der Waals surface area contributed by atoms with E-state index in [9.17, 15) is 13.5 Å². The van der Waals surface area contributed by atoms with Crippen LogP contribution in [0.4, 0.5) is 11.6 Å². The van der Waals surface area contributed by atoms with Crippen molar-refractivity contribution in [2.45, 2.75) is 18.2 Å². The number of H-pyrrole nitrogens is 1. The summed E-state index contributed by atoms with van der Waals surface area (Å²) >= 11 is 0. The SMILES string of the molecule is Cc1ccnc(N(CCc2nn[nH]n2)S(=O)(=O)c2ccc(N=Cc3ccccc3O)cc2)n1. The van der Waals surface area contributed by atoms with Crippen molar-refractivity contribution in [2.75, 3.05) is 10.8 Å². The first kappa shape index (κ1) is 22.0. The van der Waals surface area contributed by atoms with Gasteiger partial charge in [-0.15, -0.1) is 10.2 Å². The lowest BCUT2D eigenvalue weighted by Crippen LogP contribution is -2.34. The van der Waals surface area contributed by atoms with Crippen molar-refractivity contribution in [3.63, 3.8) is 0 Å². The summed E-state index contributed by atoms with van der Waals surface area (Å²) in [6, 6.07) is 14.6. The van der Waals surface area contributed by atoms with E-state index in [4.69, 9.17) is 0 Å². The lowest BCUT2D eigenvalue weighted by atomic mass is 10.2. The second-order valence-electron chi connectivity index (χ2n) is 6.96. The molecular formula is C21H20N8O3S. The van der Waals surface area contributed by atoms with Gasteiger partial charge in [-0.25, -0.2) is 22.7 Å². The molecule has 12 heteroatoms. The van der Waals surface area contributed by atoms with E-state index < -0.39 is 10.0 Å². The normalized spacial score (nSPS) is 11.7. The molecule has 0 amide bonds. The van der Waals surface area contributed by atoms with Gasteiger partial charge in [-0.2, -0.15) is 5.21 Å². The van der Waals surface area contributed by atoms with E-state index in [0.29, 0.717) is 22.8 Å². The predicted molar refractivity (Wildman–Crippen MR) is 121 cm³/mol. The van der Waals surface area contributed by atoms with Gasteiger partial charge in [-0.1, -0.05) is 17.3 Å². The monoisotopic (exact) mass is 464 g/mol. The van der Waals surface area contributed by atoms with Gasteiger partial charge in [0.05, 0.1) is 10.6 Å². The van der Waals surface area contributed by atoms with Crippen molar-refractivity contribution in [1.29, 1.82) is 0 Å². The van der Waals surface area contributed by atoms with Gasteiger partial charge >= 0.3 is 0 Å². The van der Waals surface area contributed by atoms with Crippen LogP contribution in [0.25, 0.3) is 0 Å². The first-order chi connectivity index (χ1) is 15.9. The number of rotatable bonds is 8. The molecular weight excluding hydrogens is 444 g/mol. The highest BCUT2D eigenvalue weighted by atomic mass is 32.2. The number of aromatic hydroxyl groups is 1. The topological polar surface area (TPSA) is 150 Å². The summed E-state index contributed by atoms with van der Waals surface area (Å²) < 4.78 is 28.0. The molecule has 2 N–H and O–H groups in total. The molecule has 4 aromatic rings. The van der Waals surface area contributed by atoms with Crippen LogP contribution in [0.3, 0.4) is 0 Å². The molecule has 0 saturated carbocycles. The number of benzene rings is 2. The Morgan fingerprint density at radius 1 is 1.12 bits per heavy atom. The summed E-state index contributed by atoms with van der Waals surface area (Å²) in [6.07, 6.45) is 3.23. The average molecular weight is 465 g/mol. The predicted octanol–water partition coefficient (Wildman–Crippen LogP) is 2.19. The number of anilines is 1. The zero-order chi connectivity index (χ0) is 23.3. The number of sulfonamides is 1. The second kappa shape index (κ2) is 9.53. The number of aryl methyl sites for hydroxylation is 1. The van der Waals surface area contributed by atoms with Gasteiger partial charge in [0.25, 0.3) is 10.0 Å². The van der Waals surface area contributed by atoms with E-state index in [1.54, 1.807) is 49.4 Å². The highest BCUT2D eigenvalue weighted by Crippen LogP contribution is 2.24. The lowest BCUT2D eigenvalue weighted by molar-refractivity contribution is 0.474. The maximum absolute atomic E-state index is 13.4. The minimum absolute atomic E-state index is 0.0263. The Kier molecular flexibility index (Phi) is 6.36. The van der Waals surface area contributed by atoms with Gasteiger partial charge in [-0.3, -0.25) is 4.99 Å². The molecule has 2 aromatic carbocycles. The van der Waals surface area contributed by atoms with Crippen molar-refractivity contribution in [1.82, 2.24) is 30.6 Å².